The maximum absolute atomic E-state index is 11.9. The molecule has 3 rings (SSSR count). The molecule has 1 aliphatic carbocycles. The van der Waals surface area contributed by atoms with Crippen molar-refractivity contribution >= 4 is 12.0 Å². The Morgan fingerprint density at radius 1 is 1.26 bits per heavy atom. The van der Waals surface area contributed by atoms with Crippen molar-refractivity contribution in [2.75, 3.05) is 6.54 Å². The lowest BCUT2D eigenvalue weighted by atomic mass is 9.79. The van der Waals surface area contributed by atoms with Gasteiger partial charge in [0, 0.05) is 12.6 Å². The first-order chi connectivity index (χ1) is 9.15. The predicted octanol–water partition coefficient (Wildman–Crippen LogP) is 1.62. The van der Waals surface area contributed by atoms with Crippen LogP contribution in [0.25, 0.3) is 0 Å². The van der Waals surface area contributed by atoms with Crippen LogP contribution in [0.15, 0.2) is 30.3 Å². The Labute approximate surface area is 111 Å². The van der Waals surface area contributed by atoms with Gasteiger partial charge in [-0.05, 0) is 18.4 Å². The lowest BCUT2D eigenvalue weighted by molar-refractivity contribution is -0.146. The highest BCUT2D eigenvalue weighted by Crippen LogP contribution is 2.35. The van der Waals surface area contributed by atoms with Crippen molar-refractivity contribution < 1.29 is 14.7 Å². The van der Waals surface area contributed by atoms with Crippen molar-refractivity contribution in [1.29, 1.82) is 0 Å². The summed E-state index contributed by atoms with van der Waals surface area (Å²) in [6.45, 7) is 0.625. The molecule has 1 heterocycles. The second kappa shape index (κ2) is 4.57. The number of rotatable bonds is 3. The van der Waals surface area contributed by atoms with Gasteiger partial charge in [-0.3, -0.25) is 4.79 Å². The van der Waals surface area contributed by atoms with Crippen molar-refractivity contribution in [3.8, 4) is 0 Å². The zero-order valence-corrected chi connectivity index (χ0v) is 10.5. The molecule has 1 aromatic carbocycles. The van der Waals surface area contributed by atoms with Gasteiger partial charge in [0.25, 0.3) is 0 Å². The van der Waals surface area contributed by atoms with Crippen LogP contribution in [0.3, 0.4) is 0 Å². The van der Waals surface area contributed by atoms with Crippen LogP contribution in [0.1, 0.15) is 24.4 Å². The number of amides is 2. The molecule has 1 unspecified atom stereocenters. The number of carboxylic acids is 1. The maximum atomic E-state index is 11.9. The van der Waals surface area contributed by atoms with Crippen molar-refractivity contribution in [2.24, 2.45) is 5.92 Å². The van der Waals surface area contributed by atoms with E-state index >= 15 is 0 Å². The summed E-state index contributed by atoms with van der Waals surface area (Å²) in [7, 11) is 0. The number of nitrogens with one attached hydrogen (secondary N) is 1. The molecule has 1 aromatic rings. The fourth-order valence-corrected chi connectivity index (χ4v) is 2.79. The van der Waals surface area contributed by atoms with Crippen LogP contribution in [-0.4, -0.2) is 34.6 Å². The number of urea groups is 1. The van der Waals surface area contributed by atoms with Crippen LogP contribution in [0.4, 0.5) is 4.79 Å². The minimum absolute atomic E-state index is 0.0116. The van der Waals surface area contributed by atoms with Crippen LogP contribution in [0.5, 0.6) is 0 Å². The number of hydrogen-bond acceptors (Lipinski definition) is 2. The summed E-state index contributed by atoms with van der Waals surface area (Å²) in [5.74, 6) is -1.04. The van der Waals surface area contributed by atoms with Gasteiger partial charge in [-0.2, -0.15) is 0 Å². The zero-order valence-electron chi connectivity index (χ0n) is 10.5. The fourth-order valence-electron chi connectivity index (χ4n) is 2.79. The first-order valence-corrected chi connectivity index (χ1v) is 6.50. The minimum Gasteiger partial charge on any atom is -0.481 e. The van der Waals surface area contributed by atoms with E-state index in [4.69, 9.17) is 5.11 Å². The Kier molecular flexibility index (Phi) is 2.89. The Bertz CT molecular complexity index is 497. The molecule has 0 radical (unpaired) electrons. The summed E-state index contributed by atoms with van der Waals surface area (Å²) in [4.78, 5) is 24.5. The average Bonchev–Trinajstić information content (AvgIpc) is 2.71. The van der Waals surface area contributed by atoms with Crippen LogP contribution < -0.4 is 5.32 Å². The quantitative estimate of drug-likeness (QED) is 0.867. The molecular weight excluding hydrogens is 244 g/mol. The molecule has 2 N–H and O–H groups in total. The predicted molar refractivity (Wildman–Crippen MR) is 68.6 cm³/mol. The summed E-state index contributed by atoms with van der Waals surface area (Å²) in [6.07, 6.45) is 1.15. The largest absolute Gasteiger partial charge is 0.481 e. The Balaban J connectivity index is 1.64. The number of aliphatic carboxylic acids is 1. The van der Waals surface area contributed by atoms with Crippen LogP contribution in [0.2, 0.25) is 0 Å². The molecule has 1 atom stereocenters. The summed E-state index contributed by atoms with van der Waals surface area (Å²) >= 11 is 0. The molecule has 1 aliphatic heterocycles. The molecule has 0 aromatic heterocycles. The van der Waals surface area contributed by atoms with E-state index in [2.05, 4.69) is 5.32 Å². The molecule has 19 heavy (non-hydrogen) atoms. The highest BCUT2D eigenvalue weighted by Gasteiger charge is 2.43. The van der Waals surface area contributed by atoms with Crippen molar-refractivity contribution in [3.05, 3.63) is 35.9 Å². The zero-order chi connectivity index (χ0) is 13.4. The van der Waals surface area contributed by atoms with E-state index in [0.717, 1.165) is 5.56 Å². The van der Waals surface area contributed by atoms with Crippen molar-refractivity contribution in [1.82, 2.24) is 10.2 Å². The van der Waals surface area contributed by atoms with Crippen molar-refractivity contribution in [3.63, 3.8) is 0 Å². The van der Waals surface area contributed by atoms with E-state index in [9.17, 15) is 9.59 Å². The molecule has 2 aliphatic rings. The second-order valence-corrected chi connectivity index (χ2v) is 5.23. The van der Waals surface area contributed by atoms with E-state index in [1.54, 1.807) is 4.90 Å². The van der Waals surface area contributed by atoms with E-state index in [1.165, 1.54) is 0 Å². The third-order valence-electron chi connectivity index (χ3n) is 4.04. The number of benzene rings is 1. The van der Waals surface area contributed by atoms with Crippen LogP contribution in [-0.2, 0) is 4.79 Å². The van der Waals surface area contributed by atoms with E-state index in [-0.39, 0.29) is 24.0 Å². The number of hydrogen-bond donors (Lipinski definition) is 2. The average molecular weight is 260 g/mol. The summed E-state index contributed by atoms with van der Waals surface area (Å²) < 4.78 is 0. The Hall–Kier alpha value is -2.04. The summed E-state index contributed by atoms with van der Waals surface area (Å²) in [5, 5.41) is 11.8. The normalized spacial score (nSPS) is 29.8. The third kappa shape index (κ3) is 2.16. The molecule has 2 amide bonds. The van der Waals surface area contributed by atoms with Crippen molar-refractivity contribution in [2.45, 2.75) is 24.9 Å². The van der Waals surface area contributed by atoms with Gasteiger partial charge < -0.3 is 15.3 Å². The van der Waals surface area contributed by atoms with Gasteiger partial charge in [0.15, 0.2) is 0 Å². The Morgan fingerprint density at radius 2 is 1.95 bits per heavy atom. The van der Waals surface area contributed by atoms with Crippen LogP contribution in [0, 0.1) is 5.92 Å². The SMILES string of the molecule is O=C(O)C1CC(N2CC(c3ccccc3)NC2=O)C1. The molecule has 5 heteroatoms. The number of nitrogens with zero attached hydrogens (tertiary/aromatic N) is 1. The van der Waals surface area contributed by atoms with Gasteiger partial charge in [-0.25, -0.2) is 4.79 Å². The summed E-state index contributed by atoms with van der Waals surface area (Å²) in [5.41, 5.74) is 1.09. The smallest absolute Gasteiger partial charge is 0.318 e. The molecule has 2 fully saturated rings. The monoisotopic (exact) mass is 260 g/mol. The number of carboxylic acid groups (broad SMARTS) is 1. The molecule has 1 saturated heterocycles. The first-order valence-electron chi connectivity index (χ1n) is 6.50. The molecule has 1 saturated carbocycles. The minimum atomic E-state index is -0.754. The Morgan fingerprint density at radius 3 is 2.58 bits per heavy atom. The molecule has 0 bridgehead atoms. The van der Waals surface area contributed by atoms with Gasteiger partial charge in [0.05, 0.1) is 12.0 Å². The first kappa shape index (κ1) is 12.0. The highest BCUT2D eigenvalue weighted by molar-refractivity contribution is 5.78. The summed E-state index contributed by atoms with van der Waals surface area (Å²) in [6, 6.07) is 9.85. The molecule has 5 nitrogen and oxygen atoms in total. The number of carbonyl (C=O) groups is 2. The van der Waals surface area contributed by atoms with Gasteiger partial charge in [0.1, 0.15) is 0 Å². The molecular formula is C14H16N2O3. The van der Waals surface area contributed by atoms with E-state index in [1.807, 2.05) is 30.3 Å². The molecule has 100 valence electrons. The van der Waals surface area contributed by atoms with E-state index in [0.29, 0.717) is 19.4 Å². The molecule has 0 spiro atoms. The van der Waals surface area contributed by atoms with E-state index < -0.39 is 5.97 Å². The standard InChI is InChI=1S/C14H16N2O3/c17-13(18)10-6-11(7-10)16-8-12(15-14(16)19)9-4-2-1-3-5-9/h1-5,10-12H,6-8H2,(H,15,19)(H,17,18). The van der Waals surface area contributed by atoms with Gasteiger partial charge >= 0.3 is 12.0 Å². The highest BCUT2D eigenvalue weighted by atomic mass is 16.4. The number of carbonyl (C=O) groups excluding carboxylic acids is 1. The van der Waals surface area contributed by atoms with Gasteiger partial charge in [-0.1, -0.05) is 30.3 Å². The fraction of sp³-hybridized carbons (Fsp3) is 0.429. The third-order valence-corrected chi connectivity index (χ3v) is 4.04. The maximum Gasteiger partial charge on any atom is 0.318 e. The van der Waals surface area contributed by atoms with Gasteiger partial charge in [0.2, 0.25) is 0 Å². The second-order valence-electron chi connectivity index (χ2n) is 5.23. The van der Waals surface area contributed by atoms with Gasteiger partial charge in [-0.15, -0.1) is 0 Å². The lowest BCUT2D eigenvalue weighted by Crippen LogP contribution is -2.48. The lowest BCUT2D eigenvalue weighted by Gasteiger charge is -2.38. The van der Waals surface area contributed by atoms with Crippen LogP contribution >= 0.6 is 0 Å². The topological polar surface area (TPSA) is 69.6 Å².